The van der Waals surface area contributed by atoms with Crippen LogP contribution >= 0.6 is 11.6 Å². The lowest BCUT2D eigenvalue weighted by molar-refractivity contribution is -0.162. The average Bonchev–Trinajstić information content (AvgIpc) is 3.38. The van der Waals surface area contributed by atoms with Gasteiger partial charge in [0.2, 0.25) is 0 Å². The largest absolute Gasteiger partial charge is 0.390 e. The molecular formula is C28H38ClFN4O2. The Bertz CT molecular complexity index is 1230. The van der Waals surface area contributed by atoms with Crippen molar-refractivity contribution in [1.82, 2.24) is 15.0 Å². The van der Waals surface area contributed by atoms with Crippen molar-refractivity contribution in [2.75, 3.05) is 0 Å². The first-order valence-corrected chi connectivity index (χ1v) is 14.0. The molecule has 36 heavy (non-hydrogen) atoms. The summed E-state index contributed by atoms with van der Waals surface area (Å²) in [6.07, 6.45) is 8.58. The van der Waals surface area contributed by atoms with Crippen LogP contribution in [-0.4, -0.2) is 37.0 Å². The zero-order valence-electron chi connectivity index (χ0n) is 21.6. The summed E-state index contributed by atoms with van der Waals surface area (Å²) in [4.78, 5) is 15.0. The van der Waals surface area contributed by atoms with Crippen molar-refractivity contribution < 1.29 is 14.3 Å². The van der Waals surface area contributed by atoms with Crippen LogP contribution in [0.5, 0.6) is 0 Å². The number of nitrogens with zero attached hydrogens (tertiary/aromatic N) is 3. The van der Waals surface area contributed by atoms with Gasteiger partial charge < -0.3 is 10.8 Å². The van der Waals surface area contributed by atoms with Crippen molar-refractivity contribution in [2.24, 2.45) is 40.2 Å². The first kappa shape index (κ1) is 24.7. The highest BCUT2D eigenvalue weighted by Crippen LogP contribution is 2.68. The summed E-state index contributed by atoms with van der Waals surface area (Å²) in [6, 6.07) is 3.09. The van der Waals surface area contributed by atoms with E-state index in [4.69, 9.17) is 17.3 Å². The Kier molecular flexibility index (Phi) is 5.48. The summed E-state index contributed by atoms with van der Waals surface area (Å²) in [7, 11) is 0. The number of nitrogens with two attached hydrogens (primary N) is 1. The molecule has 2 unspecified atom stereocenters. The molecular weight excluding hydrogens is 479 g/mol. The maximum atomic E-state index is 14.4. The third-order valence-electron chi connectivity index (χ3n) is 11.5. The second-order valence-electron chi connectivity index (χ2n) is 13.2. The number of aromatic nitrogens is 3. The Morgan fingerprint density at radius 2 is 1.86 bits per heavy atom. The molecule has 196 valence electrons. The van der Waals surface area contributed by atoms with Crippen molar-refractivity contribution in [3.63, 3.8) is 0 Å². The normalized spacial score (nSPS) is 44.2. The molecule has 3 N–H and O–H groups in total. The van der Waals surface area contributed by atoms with Crippen LogP contribution in [-0.2, 0) is 11.3 Å². The first-order valence-electron chi connectivity index (χ1n) is 13.6. The standard InChI is InChI=1S/C28H38ClFN4O2/c1-25(36)10-12-27(3)16(14-25)4-5-18-17-6-7-19(26(17,2)11-13-28(18,27)31)22(35)15-34-32-21-9-8-20(29)23(30)24(21)33-34/h8-9,16-19,36H,4-7,10-15,31H2,1-3H3/t16?,17-,18-,19+,25+,26-,27?,28+/m0/s1. The summed E-state index contributed by atoms with van der Waals surface area (Å²) in [5.41, 5.74) is 7.06. The van der Waals surface area contributed by atoms with Crippen LogP contribution in [0, 0.1) is 40.3 Å². The fourth-order valence-corrected chi connectivity index (χ4v) is 9.45. The number of halogens is 2. The zero-order chi connectivity index (χ0) is 25.7. The molecule has 1 aromatic carbocycles. The fourth-order valence-electron chi connectivity index (χ4n) is 9.30. The van der Waals surface area contributed by atoms with Gasteiger partial charge in [-0.15, -0.1) is 5.10 Å². The van der Waals surface area contributed by atoms with E-state index in [0.29, 0.717) is 23.3 Å². The van der Waals surface area contributed by atoms with E-state index < -0.39 is 11.4 Å². The van der Waals surface area contributed by atoms with E-state index in [2.05, 4.69) is 24.0 Å². The highest BCUT2D eigenvalue weighted by atomic mass is 35.5. The number of Topliss-reactive ketones (excluding diaryl/α,β-unsaturated/α-hetero) is 1. The number of carbonyl (C=O) groups excluding carboxylic acids is 1. The van der Waals surface area contributed by atoms with Gasteiger partial charge in [0, 0.05) is 11.5 Å². The van der Waals surface area contributed by atoms with Gasteiger partial charge in [0.25, 0.3) is 0 Å². The molecule has 4 saturated carbocycles. The van der Waals surface area contributed by atoms with E-state index in [1.165, 1.54) is 10.9 Å². The minimum atomic E-state index is -0.597. The number of aliphatic hydroxyl groups is 1. The minimum absolute atomic E-state index is 0.00416. The number of ketones is 1. The van der Waals surface area contributed by atoms with Crippen LogP contribution in [0.2, 0.25) is 5.02 Å². The van der Waals surface area contributed by atoms with Gasteiger partial charge in [-0.2, -0.15) is 9.90 Å². The Balaban J connectivity index is 1.24. The van der Waals surface area contributed by atoms with Crippen LogP contribution in [0.25, 0.3) is 11.0 Å². The molecule has 2 aromatic rings. The number of fused-ring (bicyclic) bond motifs is 6. The maximum Gasteiger partial charge on any atom is 0.171 e. The van der Waals surface area contributed by atoms with E-state index in [9.17, 15) is 14.3 Å². The number of rotatable bonds is 3. The third-order valence-corrected chi connectivity index (χ3v) is 11.8. The Morgan fingerprint density at radius 1 is 1.11 bits per heavy atom. The number of benzene rings is 1. The predicted octanol–water partition coefficient (Wildman–Crippen LogP) is 5.28. The lowest BCUT2D eigenvalue weighted by Crippen LogP contribution is -2.70. The molecule has 0 amide bonds. The van der Waals surface area contributed by atoms with Gasteiger partial charge in [0.15, 0.2) is 11.6 Å². The van der Waals surface area contributed by atoms with E-state index >= 15 is 0 Å². The highest BCUT2D eigenvalue weighted by molar-refractivity contribution is 6.31. The topological polar surface area (TPSA) is 94.0 Å². The van der Waals surface area contributed by atoms with E-state index in [-0.39, 0.29) is 45.2 Å². The van der Waals surface area contributed by atoms with Crippen LogP contribution in [0.3, 0.4) is 0 Å². The highest BCUT2D eigenvalue weighted by Gasteiger charge is 2.67. The number of hydrogen-bond acceptors (Lipinski definition) is 5. The van der Waals surface area contributed by atoms with Gasteiger partial charge in [0.1, 0.15) is 17.6 Å². The van der Waals surface area contributed by atoms with Crippen molar-refractivity contribution >= 4 is 28.4 Å². The lowest BCUT2D eigenvalue weighted by Gasteiger charge is -2.67. The molecule has 1 aromatic heterocycles. The third kappa shape index (κ3) is 3.37. The van der Waals surface area contributed by atoms with Crippen molar-refractivity contribution in [1.29, 1.82) is 0 Å². The van der Waals surface area contributed by atoms with Crippen molar-refractivity contribution in [3.8, 4) is 0 Å². The van der Waals surface area contributed by atoms with Crippen LogP contribution in [0.15, 0.2) is 12.1 Å². The van der Waals surface area contributed by atoms with E-state index in [1.807, 2.05) is 6.92 Å². The predicted molar refractivity (Wildman–Crippen MR) is 137 cm³/mol. The van der Waals surface area contributed by atoms with E-state index in [0.717, 1.165) is 57.8 Å². The number of carbonyl (C=O) groups is 1. The molecule has 0 saturated heterocycles. The fraction of sp³-hybridized carbons (Fsp3) is 0.750. The van der Waals surface area contributed by atoms with E-state index in [1.54, 1.807) is 6.07 Å². The Hall–Kier alpha value is -1.57. The van der Waals surface area contributed by atoms with Gasteiger partial charge in [-0.1, -0.05) is 25.4 Å². The maximum absolute atomic E-state index is 14.4. The molecule has 8 heteroatoms. The smallest absolute Gasteiger partial charge is 0.171 e. The number of hydrogen-bond donors (Lipinski definition) is 2. The van der Waals surface area contributed by atoms with Gasteiger partial charge >= 0.3 is 0 Å². The molecule has 8 atom stereocenters. The van der Waals surface area contributed by atoms with Crippen LogP contribution < -0.4 is 5.73 Å². The molecule has 4 fully saturated rings. The molecule has 1 heterocycles. The molecule has 0 bridgehead atoms. The van der Waals surface area contributed by atoms with Crippen LogP contribution in [0.1, 0.15) is 78.6 Å². The summed E-state index contributed by atoms with van der Waals surface area (Å²) in [5, 5.41) is 19.4. The van der Waals surface area contributed by atoms with Gasteiger partial charge in [0.05, 0.1) is 10.6 Å². The molecule has 0 spiro atoms. The Labute approximate surface area is 217 Å². The molecule has 6 rings (SSSR count). The minimum Gasteiger partial charge on any atom is -0.390 e. The van der Waals surface area contributed by atoms with Crippen molar-refractivity contribution in [3.05, 3.63) is 23.0 Å². The van der Waals surface area contributed by atoms with Crippen molar-refractivity contribution in [2.45, 2.75) is 96.2 Å². The quantitative estimate of drug-likeness (QED) is 0.578. The summed E-state index contributed by atoms with van der Waals surface area (Å²) in [6.45, 7) is 6.72. The molecule has 4 aliphatic carbocycles. The Morgan fingerprint density at radius 3 is 2.64 bits per heavy atom. The second kappa shape index (κ2) is 7.97. The lowest BCUT2D eigenvalue weighted by atomic mass is 9.40. The van der Waals surface area contributed by atoms with Gasteiger partial charge in [-0.25, -0.2) is 4.39 Å². The van der Waals surface area contributed by atoms with Gasteiger partial charge in [-0.05, 0) is 105 Å². The molecule has 0 radical (unpaired) electrons. The zero-order valence-corrected chi connectivity index (χ0v) is 22.3. The SMILES string of the molecule is CC12CC[C@@](C)(O)CC1CC[C@H]1[C@@H]3CC[C@H](C(=O)Cn4nc5ccc(Cl)c(F)c5n4)[C@@]3(C)CC[C@@]12N. The second-order valence-corrected chi connectivity index (χ2v) is 13.6. The molecule has 6 nitrogen and oxygen atoms in total. The average molecular weight is 517 g/mol. The monoisotopic (exact) mass is 516 g/mol. The summed E-state index contributed by atoms with van der Waals surface area (Å²) >= 11 is 5.89. The van der Waals surface area contributed by atoms with Gasteiger partial charge in [-0.3, -0.25) is 4.79 Å². The molecule has 4 aliphatic rings. The summed E-state index contributed by atoms with van der Waals surface area (Å²) < 4.78 is 14.4. The molecule has 0 aliphatic heterocycles. The first-order chi connectivity index (χ1) is 16.9. The van der Waals surface area contributed by atoms with Crippen LogP contribution in [0.4, 0.5) is 4.39 Å². The summed E-state index contributed by atoms with van der Waals surface area (Å²) in [5.74, 6) is 0.753.